The highest BCUT2D eigenvalue weighted by molar-refractivity contribution is 5.81. The minimum atomic E-state index is 0.211. The smallest absolute Gasteiger partial charge is 0.130 e. The molecule has 0 aliphatic rings. The van der Waals surface area contributed by atoms with Crippen LogP contribution in [0.1, 0.15) is 5.56 Å². The van der Waals surface area contributed by atoms with Gasteiger partial charge in [0.05, 0.1) is 19.8 Å². The number of aromatic hydroxyl groups is 1. The van der Waals surface area contributed by atoms with Crippen LogP contribution in [0.25, 0.3) is 11.1 Å². The Kier molecular flexibility index (Phi) is 3.42. The molecule has 0 bridgehead atoms. The Hall–Kier alpha value is -2.16. The Morgan fingerprint density at radius 2 is 1.56 bits per heavy atom. The average molecular weight is 244 g/mol. The van der Waals surface area contributed by atoms with Crippen LogP contribution in [0.3, 0.4) is 0 Å². The second-order valence-corrected chi connectivity index (χ2v) is 4.06. The molecule has 0 amide bonds. The van der Waals surface area contributed by atoms with Crippen molar-refractivity contribution in [1.29, 1.82) is 0 Å². The summed E-state index contributed by atoms with van der Waals surface area (Å²) < 4.78 is 10.7. The Labute approximate surface area is 107 Å². The van der Waals surface area contributed by atoms with Crippen LogP contribution in [0.4, 0.5) is 0 Å². The number of rotatable bonds is 3. The van der Waals surface area contributed by atoms with Gasteiger partial charge in [0.25, 0.3) is 0 Å². The molecule has 0 fully saturated rings. The van der Waals surface area contributed by atoms with E-state index < -0.39 is 0 Å². The maximum atomic E-state index is 10.0. The second kappa shape index (κ2) is 5.00. The molecule has 0 saturated carbocycles. The summed E-state index contributed by atoms with van der Waals surface area (Å²) in [6.07, 6.45) is 0. The lowest BCUT2D eigenvalue weighted by Crippen LogP contribution is -1.93. The Morgan fingerprint density at radius 1 is 0.944 bits per heavy atom. The molecule has 0 radical (unpaired) electrons. The van der Waals surface area contributed by atoms with Crippen molar-refractivity contribution in [3.05, 3.63) is 42.0 Å². The van der Waals surface area contributed by atoms with E-state index >= 15 is 0 Å². The number of aryl methyl sites for hydroxylation is 1. The molecular weight excluding hydrogens is 228 g/mol. The van der Waals surface area contributed by atoms with Gasteiger partial charge in [-0.15, -0.1) is 0 Å². The van der Waals surface area contributed by atoms with E-state index in [9.17, 15) is 5.11 Å². The molecular formula is C15H16O3. The summed E-state index contributed by atoms with van der Waals surface area (Å²) in [5.74, 6) is 1.56. The summed E-state index contributed by atoms with van der Waals surface area (Å²) >= 11 is 0. The second-order valence-electron chi connectivity index (χ2n) is 4.06. The standard InChI is InChI=1S/C15H16O3/c1-10-7-8-12(16)11(9-10)15-13(17-2)5-4-6-14(15)18-3/h4-9,16H,1-3H3. The van der Waals surface area contributed by atoms with Crippen LogP contribution in [-0.2, 0) is 0 Å². The van der Waals surface area contributed by atoms with Gasteiger partial charge in [0.2, 0.25) is 0 Å². The zero-order chi connectivity index (χ0) is 13.1. The zero-order valence-electron chi connectivity index (χ0n) is 10.7. The van der Waals surface area contributed by atoms with Crippen LogP contribution in [0.15, 0.2) is 36.4 Å². The number of methoxy groups -OCH3 is 2. The first-order valence-electron chi connectivity index (χ1n) is 5.68. The fourth-order valence-electron chi connectivity index (χ4n) is 1.97. The van der Waals surface area contributed by atoms with Crippen molar-refractivity contribution in [3.8, 4) is 28.4 Å². The molecule has 0 aliphatic carbocycles. The molecule has 18 heavy (non-hydrogen) atoms. The molecule has 2 rings (SSSR count). The van der Waals surface area contributed by atoms with Gasteiger partial charge in [-0.1, -0.05) is 17.7 Å². The van der Waals surface area contributed by atoms with Gasteiger partial charge in [-0.25, -0.2) is 0 Å². The number of ether oxygens (including phenoxy) is 2. The van der Waals surface area contributed by atoms with Crippen LogP contribution in [0.2, 0.25) is 0 Å². The molecule has 0 spiro atoms. The molecule has 0 aliphatic heterocycles. The Bertz CT molecular complexity index is 539. The van der Waals surface area contributed by atoms with E-state index in [0.717, 1.165) is 11.1 Å². The Balaban J connectivity index is 2.72. The van der Waals surface area contributed by atoms with E-state index in [1.807, 2.05) is 37.3 Å². The first kappa shape index (κ1) is 12.3. The van der Waals surface area contributed by atoms with E-state index in [0.29, 0.717) is 17.1 Å². The first-order chi connectivity index (χ1) is 8.67. The van der Waals surface area contributed by atoms with Gasteiger partial charge in [-0.2, -0.15) is 0 Å². The number of phenols is 1. The van der Waals surface area contributed by atoms with E-state index in [4.69, 9.17) is 9.47 Å². The minimum absolute atomic E-state index is 0.211. The molecule has 3 nitrogen and oxygen atoms in total. The molecule has 2 aromatic rings. The normalized spacial score (nSPS) is 10.2. The fraction of sp³-hybridized carbons (Fsp3) is 0.200. The van der Waals surface area contributed by atoms with E-state index in [1.54, 1.807) is 20.3 Å². The van der Waals surface area contributed by atoms with Crippen LogP contribution < -0.4 is 9.47 Å². The van der Waals surface area contributed by atoms with E-state index in [-0.39, 0.29) is 5.75 Å². The van der Waals surface area contributed by atoms with Gasteiger partial charge in [-0.3, -0.25) is 0 Å². The zero-order valence-corrected chi connectivity index (χ0v) is 10.7. The fourth-order valence-corrected chi connectivity index (χ4v) is 1.97. The molecule has 0 atom stereocenters. The Morgan fingerprint density at radius 3 is 2.11 bits per heavy atom. The van der Waals surface area contributed by atoms with Crippen molar-refractivity contribution < 1.29 is 14.6 Å². The number of hydrogen-bond donors (Lipinski definition) is 1. The summed E-state index contributed by atoms with van der Waals surface area (Å²) in [4.78, 5) is 0. The SMILES string of the molecule is COc1cccc(OC)c1-c1cc(C)ccc1O. The van der Waals surface area contributed by atoms with Gasteiger partial charge in [0.1, 0.15) is 17.2 Å². The molecule has 1 N–H and O–H groups in total. The maximum absolute atomic E-state index is 10.0. The lowest BCUT2D eigenvalue weighted by molar-refractivity contribution is 0.396. The lowest BCUT2D eigenvalue weighted by atomic mass is 10.0. The number of benzene rings is 2. The summed E-state index contributed by atoms with van der Waals surface area (Å²) in [5.41, 5.74) is 2.55. The van der Waals surface area contributed by atoms with Crippen molar-refractivity contribution in [2.75, 3.05) is 14.2 Å². The maximum Gasteiger partial charge on any atom is 0.130 e. The van der Waals surface area contributed by atoms with Crippen molar-refractivity contribution in [2.45, 2.75) is 6.92 Å². The molecule has 0 saturated heterocycles. The van der Waals surface area contributed by atoms with Crippen LogP contribution in [0, 0.1) is 6.92 Å². The van der Waals surface area contributed by atoms with E-state index in [1.165, 1.54) is 0 Å². The van der Waals surface area contributed by atoms with E-state index in [2.05, 4.69) is 0 Å². The van der Waals surface area contributed by atoms with Gasteiger partial charge in [0.15, 0.2) is 0 Å². The lowest BCUT2D eigenvalue weighted by Gasteiger charge is -2.14. The van der Waals surface area contributed by atoms with Crippen LogP contribution in [0.5, 0.6) is 17.2 Å². The van der Waals surface area contributed by atoms with Crippen molar-refractivity contribution in [3.63, 3.8) is 0 Å². The monoisotopic (exact) mass is 244 g/mol. The largest absolute Gasteiger partial charge is 0.507 e. The van der Waals surface area contributed by atoms with Crippen LogP contribution >= 0.6 is 0 Å². The van der Waals surface area contributed by atoms with Gasteiger partial charge in [0, 0.05) is 5.56 Å². The third kappa shape index (κ3) is 2.12. The van der Waals surface area contributed by atoms with Gasteiger partial charge in [-0.05, 0) is 31.2 Å². The van der Waals surface area contributed by atoms with Crippen molar-refractivity contribution in [1.82, 2.24) is 0 Å². The summed E-state index contributed by atoms with van der Waals surface area (Å²) in [6.45, 7) is 1.98. The number of phenolic OH excluding ortho intramolecular Hbond substituents is 1. The van der Waals surface area contributed by atoms with Crippen molar-refractivity contribution in [2.24, 2.45) is 0 Å². The predicted octanol–water partition coefficient (Wildman–Crippen LogP) is 3.38. The van der Waals surface area contributed by atoms with Gasteiger partial charge >= 0.3 is 0 Å². The molecule has 0 unspecified atom stereocenters. The minimum Gasteiger partial charge on any atom is -0.507 e. The van der Waals surface area contributed by atoms with Crippen molar-refractivity contribution >= 4 is 0 Å². The summed E-state index contributed by atoms with van der Waals surface area (Å²) in [7, 11) is 3.20. The topological polar surface area (TPSA) is 38.7 Å². The summed E-state index contributed by atoms with van der Waals surface area (Å²) in [5, 5.41) is 10.0. The highest BCUT2D eigenvalue weighted by Crippen LogP contribution is 2.42. The average Bonchev–Trinajstić information content (AvgIpc) is 2.40. The predicted molar refractivity (Wildman–Crippen MR) is 71.4 cm³/mol. The van der Waals surface area contributed by atoms with Crippen LogP contribution in [-0.4, -0.2) is 19.3 Å². The number of hydrogen-bond acceptors (Lipinski definition) is 3. The summed E-state index contributed by atoms with van der Waals surface area (Å²) in [6, 6.07) is 11.0. The third-order valence-electron chi connectivity index (χ3n) is 2.85. The third-order valence-corrected chi connectivity index (χ3v) is 2.85. The molecule has 3 heteroatoms. The quantitative estimate of drug-likeness (QED) is 0.899. The van der Waals surface area contributed by atoms with Gasteiger partial charge < -0.3 is 14.6 Å². The molecule has 94 valence electrons. The molecule has 0 heterocycles. The first-order valence-corrected chi connectivity index (χ1v) is 5.68. The highest BCUT2D eigenvalue weighted by atomic mass is 16.5. The molecule has 0 aromatic heterocycles. The highest BCUT2D eigenvalue weighted by Gasteiger charge is 2.15. The molecule has 2 aromatic carbocycles.